The van der Waals surface area contributed by atoms with Crippen molar-refractivity contribution in [3.05, 3.63) is 0 Å². The van der Waals surface area contributed by atoms with Crippen LogP contribution in [0.15, 0.2) is 0 Å². The molecular formula is C16H35N3. The molecule has 114 valence electrons. The van der Waals surface area contributed by atoms with Crippen LogP contribution in [0.4, 0.5) is 0 Å². The van der Waals surface area contributed by atoms with Crippen LogP contribution in [0.25, 0.3) is 0 Å². The maximum Gasteiger partial charge on any atom is 0.0331 e. The van der Waals surface area contributed by atoms with E-state index in [1.54, 1.807) is 0 Å². The van der Waals surface area contributed by atoms with E-state index in [9.17, 15) is 0 Å². The van der Waals surface area contributed by atoms with Crippen molar-refractivity contribution in [2.24, 2.45) is 11.7 Å². The molecule has 1 aliphatic heterocycles. The van der Waals surface area contributed by atoms with Crippen LogP contribution in [-0.4, -0.2) is 55.1 Å². The summed E-state index contributed by atoms with van der Waals surface area (Å²) in [5.41, 5.74) is 6.44. The number of nitrogens with two attached hydrogens (primary N) is 1. The van der Waals surface area contributed by atoms with Crippen molar-refractivity contribution in [3.63, 3.8) is 0 Å². The lowest BCUT2D eigenvalue weighted by Crippen LogP contribution is -2.58. The Morgan fingerprint density at radius 3 is 2.21 bits per heavy atom. The van der Waals surface area contributed by atoms with Crippen LogP contribution in [0, 0.1) is 5.92 Å². The Balaban J connectivity index is 2.67. The van der Waals surface area contributed by atoms with Crippen molar-refractivity contribution < 1.29 is 0 Å². The summed E-state index contributed by atoms with van der Waals surface area (Å²) in [5.74, 6) is 0.773. The van der Waals surface area contributed by atoms with Gasteiger partial charge in [-0.1, -0.05) is 27.2 Å². The molecule has 1 saturated heterocycles. The number of likely N-dealkylation sites (tertiary alicyclic amines) is 1. The van der Waals surface area contributed by atoms with E-state index in [0.717, 1.165) is 18.5 Å². The van der Waals surface area contributed by atoms with E-state index < -0.39 is 0 Å². The van der Waals surface area contributed by atoms with Crippen LogP contribution in [0.2, 0.25) is 0 Å². The zero-order chi connectivity index (χ0) is 14.5. The van der Waals surface area contributed by atoms with Gasteiger partial charge in [0.25, 0.3) is 0 Å². The van der Waals surface area contributed by atoms with Crippen LogP contribution >= 0.6 is 0 Å². The van der Waals surface area contributed by atoms with E-state index in [0.29, 0.717) is 0 Å². The fourth-order valence-electron chi connectivity index (χ4n) is 3.50. The Labute approximate surface area is 120 Å². The maximum absolute atomic E-state index is 6.19. The third-order valence-corrected chi connectivity index (χ3v) is 5.33. The topological polar surface area (TPSA) is 32.5 Å². The second-order valence-corrected chi connectivity index (χ2v) is 6.68. The molecule has 0 radical (unpaired) electrons. The molecule has 2 N–H and O–H groups in total. The minimum atomic E-state index is 0.243. The van der Waals surface area contributed by atoms with Gasteiger partial charge in [-0.15, -0.1) is 0 Å². The average Bonchev–Trinajstić information content (AvgIpc) is 2.44. The molecule has 1 rings (SSSR count). The number of rotatable bonds is 7. The molecule has 0 aromatic rings. The maximum atomic E-state index is 6.19. The lowest BCUT2D eigenvalue weighted by atomic mass is 9.81. The van der Waals surface area contributed by atoms with Gasteiger partial charge in [0.2, 0.25) is 0 Å². The number of piperidine rings is 1. The van der Waals surface area contributed by atoms with E-state index in [4.69, 9.17) is 5.73 Å². The summed E-state index contributed by atoms with van der Waals surface area (Å²) in [4.78, 5) is 5.07. The molecule has 0 spiro atoms. The fraction of sp³-hybridized carbons (Fsp3) is 1.00. The molecule has 3 heteroatoms. The van der Waals surface area contributed by atoms with Crippen LogP contribution in [0.1, 0.15) is 52.9 Å². The molecule has 0 saturated carbocycles. The Kier molecular flexibility index (Phi) is 6.78. The van der Waals surface area contributed by atoms with Crippen molar-refractivity contribution >= 4 is 0 Å². The lowest BCUT2D eigenvalue weighted by molar-refractivity contribution is 0.0265. The summed E-state index contributed by atoms with van der Waals surface area (Å²) in [6.07, 6.45) is 6.27. The lowest BCUT2D eigenvalue weighted by Gasteiger charge is -2.48. The molecule has 2 atom stereocenters. The predicted molar refractivity (Wildman–Crippen MR) is 84.4 cm³/mol. The van der Waals surface area contributed by atoms with Gasteiger partial charge in [-0.05, 0) is 45.7 Å². The third-order valence-electron chi connectivity index (χ3n) is 5.33. The van der Waals surface area contributed by atoms with Crippen LogP contribution < -0.4 is 5.73 Å². The van der Waals surface area contributed by atoms with E-state index in [1.807, 2.05) is 0 Å². The molecule has 1 heterocycles. The SMILES string of the molecule is CCC(C)CC(CC)(CN)N1CCC(N(C)C)CC1. The molecule has 0 aromatic heterocycles. The first-order chi connectivity index (χ1) is 8.99. The summed E-state index contributed by atoms with van der Waals surface area (Å²) in [7, 11) is 4.41. The van der Waals surface area contributed by atoms with E-state index >= 15 is 0 Å². The van der Waals surface area contributed by atoms with Crippen LogP contribution in [0.3, 0.4) is 0 Å². The largest absolute Gasteiger partial charge is 0.329 e. The smallest absolute Gasteiger partial charge is 0.0331 e. The highest BCUT2D eigenvalue weighted by Gasteiger charge is 2.37. The monoisotopic (exact) mass is 269 g/mol. The van der Waals surface area contributed by atoms with Gasteiger partial charge in [0.05, 0.1) is 0 Å². The fourth-order valence-corrected chi connectivity index (χ4v) is 3.50. The molecule has 19 heavy (non-hydrogen) atoms. The molecule has 0 bridgehead atoms. The van der Waals surface area contributed by atoms with Crippen molar-refractivity contribution in [2.75, 3.05) is 33.7 Å². The highest BCUT2D eigenvalue weighted by Crippen LogP contribution is 2.31. The zero-order valence-electron chi connectivity index (χ0n) is 13.8. The first-order valence-corrected chi connectivity index (χ1v) is 8.10. The van der Waals surface area contributed by atoms with Gasteiger partial charge >= 0.3 is 0 Å². The second kappa shape index (κ2) is 7.61. The third kappa shape index (κ3) is 4.17. The summed E-state index contributed by atoms with van der Waals surface area (Å²) in [6, 6.07) is 0.757. The van der Waals surface area contributed by atoms with E-state index in [1.165, 1.54) is 45.2 Å². The van der Waals surface area contributed by atoms with Gasteiger partial charge in [-0.2, -0.15) is 0 Å². The Hall–Kier alpha value is -0.120. The molecular weight excluding hydrogens is 234 g/mol. The molecule has 0 aromatic carbocycles. The van der Waals surface area contributed by atoms with Gasteiger partial charge in [-0.3, -0.25) is 4.90 Å². The highest BCUT2D eigenvalue weighted by molar-refractivity contribution is 4.94. The van der Waals surface area contributed by atoms with E-state index in [-0.39, 0.29) is 5.54 Å². The highest BCUT2D eigenvalue weighted by atomic mass is 15.2. The second-order valence-electron chi connectivity index (χ2n) is 6.68. The number of hydrogen-bond acceptors (Lipinski definition) is 3. The van der Waals surface area contributed by atoms with Gasteiger partial charge in [0, 0.05) is 31.2 Å². The first kappa shape index (κ1) is 16.9. The van der Waals surface area contributed by atoms with Gasteiger partial charge in [-0.25, -0.2) is 0 Å². The average molecular weight is 269 g/mol. The van der Waals surface area contributed by atoms with Crippen molar-refractivity contribution in [2.45, 2.75) is 64.5 Å². The van der Waals surface area contributed by atoms with Crippen molar-refractivity contribution in [1.29, 1.82) is 0 Å². The first-order valence-electron chi connectivity index (χ1n) is 8.10. The molecule has 1 aliphatic rings. The van der Waals surface area contributed by atoms with Crippen LogP contribution in [-0.2, 0) is 0 Å². The normalized spacial score (nSPS) is 23.5. The standard InChI is InChI=1S/C16H35N3/c1-6-14(3)12-16(7-2,13-17)19-10-8-15(9-11-19)18(4)5/h14-15H,6-13,17H2,1-5H3. The van der Waals surface area contributed by atoms with Crippen LogP contribution in [0.5, 0.6) is 0 Å². The Morgan fingerprint density at radius 1 is 1.26 bits per heavy atom. The van der Waals surface area contributed by atoms with Crippen molar-refractivity contribution in [1.82, 2.24) is 9.80 Å². The quantitative estimate of drug-likeness (QED) is 0.771. The molecule has 0 amide bonds. The summed E-state index contributed by atoms with van der Waals surface area (Å²) in [6.45, 7) is 10.2. The van der Waals surface area contributed by atoms with Gasteiger partial charge in [0.1, 0.15) is 0 Å². The van der Waals surface area contributed by atoms with Gasteiger partial charge < -0.3 is 10.6 Å². The zero-order valence-corrected chi connectivity index (χ0v) is 13.8. The van der Waals surface area contributed by atoms with Crippen molar-refractivity contribution in [3.8, 4) is 0 Å². The Bertz CT molecular complexity index is 240. The molecule has 1 fully saturated rings. The minimum Gasteiger partial charge on any atom is -0.329 e. The summed E-state index contributed by atoms with van der Waals surface area (Å²) >= 11 is 0. The number of hydrogen-bond donors (Lipinski definition) is 1. The van der Waals surface area contributed by atoms with E-state index in [2.05, 4.69) is 44.7 Å². The summed E-state index contributed by atoms with van der Waals surface area (Å²) in [5, 5.41) is 0. The Morgan fingerprint density at radius 2 is 1.84 bits per heavy atom. The minimum absolute atomic E-state index is 0.243. The van der Waals surface area contributed by atoms with Gasteiger partial charge in [0.15, 0.2) is 0 Å². The molecule has 0 aliphatic carbocycles. The number of nitrogens with zero attached hydrogens (tertiary/aromatic N) is 2. The summed E-state index contributed by atoms with van der Waals surface area (Å²) < 4.78 is 0. The predicted octanol–water partition coefficient (Wildman–Crippen LogP) is 2.56. The molecule has 2 unspecified atom stereocenters. The molecule has 3 nitrogen and oxygen atoms in total.